The number of aliphatic imine (C=N–C) groups is 1. The normalized spacial score (nSPS) is 14.7. The molecule has 0 fully saturated rings. The fourth-order valence-electron chi connectivity index (χ4n) is 2.77. The third kappa shape index (κ3) is 2.77. The maximum absolute atomic E-state index is 5.55. The van der Waals surface area contributed by atoms with Crippen molar-refractivity contribution in [2.45, 2.75) is 27.7 Å². The van der Waals surface area contributed by atoms with Gasteiger partial charge in [-0.15, -0.1) is 9.89 Å². The fourth-order valence-corrected chi connectivity index (χ4v) is 2.77. The van der Waals surface area contributed by atoms with Gasteiger partial charge < -0.3 is 9.64 Å². The largest absolute Gasteiger partial charge is 0.494 e. The molecular weight excluding hydrogens is 304 g/mol. The summed E-state index contributed by atoms with van der Waals surface area (Å²) in [5.74, 6) is 2.08. The Morgan fingerprint density at radius 1 is 1.21 bits per heavy atom. The summed E-state index contributed by atoms with van der Waals surface area (Å²) < 4.78 is 5.55. The van der Waals surface area contributed by atoms with Crippen LogP contribution in [-0.2, 0) is 0 Å². The second-order valence-electron chi connectivity index (χ2n) is 5.55. The molecule has 0 bridgehead atoms. The SMILES string of the molecule is CCN(CC)c1ccc(N=C2C(C)=Nn3nc(C)nc32)c(OC)c1. The van der Waals surface area contributed by atoms with E-state index >= 15 is 0 Å². The number of aromatic nitrogens is 3. The minimum absolute atomic E-state index is 0.667. The molecule has 1 aliphatic rings. The highest BCUT2D eigenvalue weighted by Gasteiger charge is 2.24. The van der Waals surface area contributed by atoms with Crippen LogP contribution >= 0.6 is 0 Å². The summed E-state index contributed by atoms with van der Waals surface area (Å²) in [7, 11) is 1.66. The highest BCUT2D eigenvalue weighted by molar-refractivity contribution is 6.48. The van der Waals surface area contributed by atoms with Gasteiger partial charge in [-0.2, -0.15) is 5.10 Å². The smallest absolute Gasteiger partial charge is 0.204 e. The number of aryl methyl sites for hydroxylation is 1. The number of rotatable bonds is 5. The van der Waals surface area contributed by atoms with E-state index in [-0.39, 0.29) is 0 Å². The summed E-state index contributed by atoms with van der Waals surface area (Å²) in [6.45, 7) is 9.91. The number of hydrogen-bond acceptors (Lipinski definition) is 6. The van der Waals surface area contributed by atoms with E-state index in [9.17, 15) is 0 Å². The average molecular weight is 326 g/mol. The quantitative estimate of drug-likeness (QED) is 0.847. The van der Waals surface area contributed by atoms with E-state index in [1.54, 1.807) is 7.11 Å². The number of ether oxygens (including phenoxy) is 1. The van der Waals surface area contributed by atoms with Gasteiger partial charge in [0.1, 0.15) is 17.1 Å². The predicted octanol–water partition coefficient (Wildman–Crippen LogP) is 2.80. The van der Waals surface area contributed by atoms with Crippen LogP contribution < -0.4 is 9.64 Å². The monoisotopic (exact) mass is 326 g/mol. The van der Waals surface area contributed by atoms with E-state index < -0.39 is 0 Å². The van der Waals surface area contributed by atoms with Crippen molar-refractivity contribution >= 4 is 22.8 Å². The maximum Gasteiger partial charge on any atom is 0.204 e. The zero-order chi connectivity index (χ0) is 17.3. The van der Waals surface area contributed by atoms with Gasteiger partial charge in [0.2, 0.25) is 5.82 Å². The Morgan fingerprint density at radius 3 is 2.62 bits per heavy atom. The molecule has 126 valence electrons. The fraction of sp³-hybridized carbons (Fsp3) is 0.412. The first-order valence-electron chi connectivity index (χ1n) is 8.09. The molecule has 2 aromatic rings. The van der Waals surface area contributed by atoms with Crippen LogP contribution in [0.4, 0.5) is 11.4 Å². The molecule has 3 rings (SSSR count). The van der Waals surface area contributed by atoms with Crippen LogP contribution in [-0.4, -0.2) is 46.5 Å². The Hall–Kier alpha value is -2.70. The second-order valence-corrected chi connectivity index (χ2v) is 5.55. The molecule has 0 saturated carbocycles. The summed E-state index contributed by atoms with van der Waals surface area (Å²) in [4.78, 5) is 12.9. The molecule has 0 saturated heterocycles. The highest BCUT2D eigenvalue weighted by atomic mass is 16.5. The Labute approximate surface area is 141 Å². The maximum atomic E-state index is 5.55. The molecule has 0 atom stereocenters. The van der Waals surface area contributed by atoms with E-state index in [4.69, 9.17) is 9.73 Å². The lowest BCUT2D eigenvalue weighted by molar-refractivity contribution is 0.416. The summed E-state index contributed by atoms with van der Waals surface area (Å²) >= 11 is 0. The Kier molecular flexibility index (Phi) is 4.33. The van der Waals surface area contributed by atoms with Crippen molar-refractivity contribution in [3.63, 3.8) is 0 Å². The van der Waals surface area contributed by atoms with E-state index in [0.29, 0.717) is 11.6 Å². The van der Waals surface area contributed by atoms with Crippen molar-refractivity contribution in [1.29, 1.82) is 0 Å². The summed E-state index contributed by atoms with van der Waals surface area (Å²) in [5.41, 5.74) is 3.40. The summed E-state index contributed by atoms with van der Waals surface area (Å²) in [5, 5.41) is 8.59. The molecule has 2 heterocycles. The average Bonchev–Trinajstić information content (AvgIpc) is 3.06. The molecule has 0 N–H and O–H groups in total. The summed E-state index contributed by atoms with van der Waals surface area (Å²) in [6.07, 6.45) is 0. The van der Waals surface area contributed by atoms with Crippen LogP contribution in [0.15, 0.2) is 28.3 Å². The van der Waals surface area contributed by atoms with Gasteiger partial charge in [0.05, 0.1) is 12.8 Å². The Balaban J connectivity index is 2.02. The van der Waals surface area contributed by atoms with Crippen molar-refractivity contribution in [2.75, 3.05) is 25.1 Å². The Morgan fingerprint density at radius 2 is 1.96 bits per heavy atom. The van der Waals surface area contributed by atoms with Crippen LogP contribution in [0.3, 0.4) is 0 Å². The van der Waals surface area contributed by atoms with E-state index in [0.717, 1.165) is 41.6 Å². The first-order valence-corrected chi connectivity index (χ1v) is 8.09. The van der Waals surface area contributed by atoms with E-state index in [1.807, 2.05) is 26.0 Å². The van der Waals surface area contributed by atoms with Crippen molar-refractivity contribution in [1.82, 2.24) is 14.9 Å². The molecule has 1 aromatic heterocycles. The van der Waals surface area contributed by atoms with Gasteiger partial charge in [0, 0.05) is 24.8 Å². The number of nitrogens with zero attached hydrogens (tertiary/aromatic N) is 6. The zero-order valence-corrected chi connectivity index (χ0v) is 14.7. The lowest BCUT2D eigenvalue weighted by atomic mass is 10.2. The molecule has 0 unspecified atom stereocenters. The van der Waals surface area contributed by atoms with Crippen molar-refractivity contribution in [3.05, 3.63) is 29.8 Å². The molecule has 7 heteroatoms. The lowest BCUT2D eigenvalue weighted by Gasteiger charge is -2.21. The number of benzene rings is 1. The third-order valence-corrected chi connectivity index (χ3v) is 4.02. The number of methoxy groups -OCH3 is 1. The van der Waals surface area contributed by atoms with E-state index in [1.165, 1.54) is 4.79 Å². The molecule has 0 radical (unpaired) electrons. The first-order chi connectivity index (χ1) is 11.6. The van der Waals surface area contributed by atoms with Gasteiger partial charge in [-0.05, 0) is 39.8 Å². The van der Waals surface area contributed by atoms with Gasteiger partial charge >= 0.3 is 0 Å². The minimum atomic E-state index is 0.667. The number of anilines is 1. The lowest BCUT2D eigenvalue weighted by Crippen LogP contribution is -2.21. The minimum Gasteiger partial charge on any atom is -0.494 e. The number of fused-ring (bicyclic) bond motifs is 1. The standard InChI is InChI=1S/C17H22N6O/c1-6-22(7-2)13-8-9-14(15(10-13)24-5)19-16-11(3)20-23-17(16)18-12(4)21-23/h8-10H,6-7H2,1-5H3. The van der Waals surface area contributed by atoms with Gasteiger partial charge in [-0.1, -0.05) is 0 Å². The van der Waals surface area contributed by atoms with Crippen LogP contribution in [0.25, 0.3) is 0 Å². The van der Waals surface area contributed by atoms with Gasteiger partial charge in [-0.3, -0.25) is 0 Å². The van der Waals surface area contributed by atoms with Crippen LogP contribution in [0.5, 0.6) is 5.75 Å². The van der Waals surface area contributed by atoms with Gasteiger partial charge in [0.25, 0.3) is 0 Å². The third-order valence-electron chi connectivity index (χ3n) is 4.02. The molecule has 24 heavy (non-hydrogen) atoms. The van der Waals surface area contributed by atoms with Crippen molar-refractivity contribution in [3.8, 4) is 5.75 Å². The molecule has 1 aliphatic heterocycles. The first kappa shape index (κ1) is 16.2. The predicted molar refractivity (Wildman–Crippen MR) is 96.0 cm³/mol. The molecule has 7 nitrogen and oxygen atoms in total. The van der Waals surface area contributed by atoms with E-state index in [2.05, 4.69) is 40.0 Å². The molecule has 0 spiro atoms. The topological polar surface area (TPSA) is 67.9 Å². The van der Waals surface area contributed by atoms with Gasteiger partial charge in [0.15, 0.2) is 5.82 Å². The van der Waals surface area contributed by atoms with Crippen LogP contribution in [0.2, 0.25) is 0 Å². The van der Waals surface area contributed by atoms with Crippen molar-refractivity contribution < 1.29 is 4.74 Å². The van der Waals surface area contributed by atoms with Crippen molar-refractivity contribution in [2.24, 2.45) is 10.1 Å². The number of hydrogen-bond donors (Lipinski definition) is 0. The Bertz CT molecular complexity index is 816. The van der Waals surface area contributed by atoms with Crippen LogP contribution in [0, 0.1) is 6.92 Å². The molecule has 0 aliphatic carbocycles. The van der Waals surface area contributed by atoms with Gasteiger partial charge in [-0.25, -0.2) is 9.98 Å². The zero-order valence-electron chi connectivity index (χ0n) is 14.7. The summed E-state index contributed by atoms with van der Waals surface area (Å²) in [6, 6.07) is 6.05. The molecule has 1 aromatic carbocycles. The van der Waals surface area contributed by atoms with Crippen LogP contribution in [0.1, 0.15) is 32.4 Å². The second kappa shape index (κ2) is 6.43. The highest BCUT2D eigenvalue weighted by Crippen LogP contribution is 2.33. The molecule has 0 amide bonds. The molecular formula is C17H22N6O.